The van der Waals surface area contributed by atoms with Gasteiger partial charge < -0.3 is 20.1 Å². The second kappa shape index (κ2) is 9.92. The van der Waals surface area contributed by atoms with Crippen LogP contribution in [0, 0.1) is 0 Å². The summed E-state index contributed by atoms with van der Waals surface area (Å²) in [6.45, 7) is 5.00. The van der Waals surface area contributed by atoms with E-state index in [0.717, 1.165) is 54.3 Å². The molecule has 0 atom stereocenters. The standard InChI is InChI=1S/C20H27N7O2.ClH/c1-25-19-17(14-22-25)18(21-13-15-3-5-16(29-2)6-4-15)23-20(24-19)27-9-7-26(8-10-27)11-12-28;/h3-6,14,28H,7-13H2,1-2H3,(H,21,23,24);1H. The third-order valence-corrected chi connectivity index (χ3v) is 5.27. The number of aryl methyl sites for hydroxylation is 1. The summed E-state index contributed by atoms with van der Waals surface area (Å²) < 4.78 is 7.00. The molecule has 0 bridgehead atoms. The number of β-amino-alcohol motifs (C(OH)–C–C–N with tert-alkyl or cyclic N) is 1. The second-order valence-corrected chi connectivity index (χ2v) is 7.13. The van der Waals surface area contributed by atoms with E-state index in [1.807, 2.05) is 31.3 Å². The van der Waals surface area contributed by atoms with Gasteiger partial charge in [0.1, 0.15) is 11.6 Å². The number of nitrogens with zero attached hydrogens (tertiary/aromatic N) is 6. The van der Waals surface area contributed by atoms with E-state index >= 15 is 0 Å². The lowest BCUT2D eigenvalue weighted by Crippen LogP contribution is -2.47. The number of nitrogens with one attached hydrogen (secondary N) is 1. The Morgan fingerprint density at radius 3 is 2.50 bits per heavy atom. The highest BCUT2D eigenvalue weighted by molar-refractivity contribution is 5.87. The summed E-state index contributed by atoms with van der Waals surface area (Å²) in [7, 11) is 3.56. The molecule has 0 radical (unpaired) electrons. The third-order valence-electron chi connectivity index (χ3n) is 5.27. The molecule has 1 saturated heterocycles. The summed E-state index contributed by atoms with van der Waals surface area (Å²) in [5.41, 5.74) is 1.95. The summed E-state index contributed by atoms with van der Waals surface area (Å²) in [6, 6.07) is 7.98. The number of aliphatic hydroxyl groups is 1. The second-order valence-electron chi connectivity index (χ2n) is 7.13. The van der Waals surface area contributed by atoms with Gasteiger partial charge in [0.2, 0.25) is 5.95 Å². The highest BCUT2D eigenvalue weighted by Crippen LogP contribution is 2.24. The van der Waals surface area contributed by atoms with Crippen molar-refractivity contribution in [3.63, 3.8) is 0 Å². The van der Waals surface area contributed by atoms with Crippen molar-refractivity contribution in [3.05, 3.63) is 36.0 Å². The van der Waals surface area contributed by atoms with Crippen LogP contribution in [0.3, 0.4) is 0 Å². The maximum Gasteiger partial charge on any atom is 0.229 e. The number of halogens is 1. The first-order valence-corrected chi connectivity index (χ1v) is 9.82. The van der Waals surface area contributed by atoms with Crippen LogP contribution in [0.2, 0.25) is 0 Å². The van der Waals surface area contributed by atoms with Gasteiger partial charge in [-0.25, -0.2) is 0 Å². The molecule has 162 valence electrons. The van der Waals surface area contributed by atoms with E-state index in [0.29, 0.717) is 19.0 Å². The van der Waals surface area contributed by atoms with Crippen LogP contribution in [-0.2, 0) is 13.6 Å². The van der Waals surface area contributed by atoms with Gasteiger partial charge in [-0.05, 0) is 17.7 Å². The number of hydrogen-bond acceptors (Lipinski definition) is 8. The molecule has 0 amide bonds. The molecule has 0 unspecified atom stereocenters. The largest absolute Gasteiger partial charge is 0.497 e. The minimum Gasteiger partial charge on any atom is -0.497 e. The topological polar surface area (TPSA) is 91.6 Å². The van der Waals surface area contributed by atoms with E-state index < -0.39 is 0 Å². The molecule has 1 aliphatic heterocycles. The Hall–Kier alpha value is -2.62. The summed E-state index contributed by atoms with van der Waals surface area (Å²) in [4.78, 5) is 14.0. The van der Waals surface area contributed by atoms with Gasteiger partial charge in [-0.15, -0.1) is 12.4 Å². The lowest BCUT2D eigenvalue weighted by molar-refractivity contribution is 0.188. The van der Waals surface area contributed by atoms with Crippen molar-refractivity contribution in [3.8, 4) is 5.75 Å². The predicted octanol–water partition coefficient (Wildman–Crippen LogP) is 1.52. The van der Waals surface area contributed by atoms with Crippen molar-refractivity contribution in [2.45, 2.75) is 6.54 Å². The van der Waals surface area contributed by atoms with Gasteiger partial charge in [-0.1, -0.05) is 12.1 Å². The lowest BCUT2D eigenvalue weighted by Gasteiger charge is -2.34. The SMILES string of the molecule is COc1ccc(CNc2nc(N3CCN(CCO)CC3)nc3c2cnn3C)cc1.Cl. The van der Waals surface area contributed by atoms with Crippen LogP contribution in [0.25, 0.3) is 11.0 Å². The number of ether oxygens (including phenoxy) is 1. The number of rotatable bonds is 7. The summed E-state index contributed by atoms with van der Waals surface area (Å²) in [5, 5.41) is 17.9. The molecule has 4 rings (SSSR count). The first-order chi connectivity index (χ1) is 14.2. The number of hydrogen-bond donors (Lipinski definition) is 2. The van der Waals surface area contributed by atoms with Crippen molar-refractivity contribution in [1.29, 1.82) is 0 Å². The molecule has 2 N–H and O–H groups in total. The molecule has 2 aromatic heterocycles. The van der Waals surface area contributed by atoms with E-state index in [4.69, 9.17) is 19.8 Å². The zero-order chi connectivity index (χ0) is 20.2. The zero-order valence-corrected chi connectivity index (χ0v) is 18.1. The number of benzene rings is 1. The highest BCUT2D eigenvalue weighted by Gasteiger charge is 2.21. The number of aliphatic hydroxyl groups excluding tert-OH is 1. The summed E-state index contributed by atoms with van der Waals surface area (Å²) in [5.74, 6) is 2.33. The van der Waals surface area contributed by atoms with Crippen LogP contribution >= 0.6 is 12.4 Å². The molecule has 0 aliphatic carbocycles. The summed E-state index contributed by atoms with van der Waals surface area (Å²) in [6.07, 6.45) is 1.80. The van der Waals surface area contributed by atoms with E-state index in [2.05, 4.69) is 20.2 Å². The number of methoxy groups -OCH3 is 1. The van der Waals surface area contributed by atoms with E-state index in [9.17, 15) is 0 Å². The summed E-state index contributed by atoms with van der Waals surface area (Å²) >= 11 is 0. The first kappa shape index (κ1) is 22.1. The van der Waals surface area contributed by atoms with Gasteiger partial charge in [0.05, 0.1) is 25.3 Å². The number of piperazine rings is 1. The monoisotopic (exact) mass is 433 g/mol. The smallest absolute Gasteiger partial charge is 0.229 e. The van der Waals surface area contributed by atoms with Gasteiger partial charge in [-0.3, -0.25) is 9.58 Å². The van der Waals surface area contributed by atoms with E-state index in [1.54, 1.807) is 18.0 Å². The molecule has 0 spiro atoms. The van der Waals surface area contributed by atoms with Crippen molar-refractivity contribution in [2.24, 2.45) is 7.05 Å². The average Bonchev–Trinajstić information content (AvgIpc) is 3.14. The molecule has 3 aromatic rings. The Morgan fingerprint density at radius 1 is 1.10 bits per heavy atom. The van der Waals surface area contributed by atoms with Crippen LogP contribution in [-0.4, -0.2) is 76.2 Å². The normalized spacial score (nSPS) is 14.6. The minimum absolute atomic E-state index is 0. The maximum absolute atomic E-state index is 9.14. The van der Waals surface area contributed by atoms with E-state index in [-0.39, 0.29) is 19.0 Å². The molecule has 9 nitrogen and oxygen atoms in total. The molecule has 1 aliphatic rings. The predicted molar refractivity (Wildman–Crippen MR) is 120 cm³/mol. The lowest BCUT2D eigenvalue weighted by atomic mass is 10.2. The van der Waals surface area contributed by atoms with Crippen molar-refractivity contribution in [2.75, 3.05) is 56.7 Å². The van der Waals surface area contributed by atoms with Gasteiger partial charge in [-0.2, -0.15) is 15.1 Å². The Morgan fingerprint density at radius 2 is 1.83 bits per heavy atom. The van der Waals surface area contributed by atoms with Crippen LogP contribution in [0.5, 0.6) is 5.75 Å². The van der Waals surface area contributed by atoms with E-state index in [1.165, 1.54) is 0 Å². The number of fused-ring (bicyclic) bond motifs is 1. The minimum atomic E-state index is 0. The molecular weight excluding hydrogens is 406 g/mol. The van der Waals surface area contributed by atoms with Crippen LogP contribution in [0.4, 0.5) is 11.8 Å². The van der Waals surface area contributed by atoms with Crippen LogP contribution < -0.4 is 15.0 Å². The zero-order valence-electron chi connectivity index (χ0n) is 17.3. The number of aromatic nitrogens is 4. The van der Waals surface area contributed by atoms with Gasteiger partial charge in [0, 0.05) is 46.3 Å². The van der Waals surface area contributed by atoms with Crippen LogP contribution in [0.15, 0.2) is 30.5 Å². The van der Waals surface area contributed by atoms with Gasteiger partial charge >= 0.3 is 0 Å². The molecule has 3 heterocycles. The maximum atomic E-state index is 9.14. The molecule has 0 saturated carbocycles. The Bertz CT molecular complexity index is 956. The molecular formula is C20H28ClN7O2. The fraction of sp³-hybridized carbons (Fsp3) is 0.450. The van der Waals surface area contributed by atoms with Gasteiger partial charge in [0.15, 0.2) is 5.65 Å². The van der Waals surface area contributed by atoms with Gasteiger partial charge in [0.25, 0.3) is 0 Å². The fourth-order valence-corrected chi connectivity index (χ4v) is 3.53. The Balaban J connectivity index is 0.00000256. The molecule has 30 heavy (non-hydrogen) atoms. The van der Waals surface area contributed by atoms with Crippen molar-refractivity contribution >= 4 is 35.2 Å². The Labute approximate surface area is 182 Å². The quantitative estimate of drug-likeness (QED) is 0.579. The molecule has 1 fully saturated rings. The third kappa shape index (κ3) is 4.75. The fourth-order valence-electron chi connectivity index (χ4n) is 3.53. The number of anilines is 2. The first-order valence-electron chi connectivity index (χ1n) is 9.82. The Kier molecular flexibility index (Phi) is 7.30. The van der Waals surface area contributed by atoms with Crippen molar-refractivity contribution < 1.29 is 9.84 Å². The van der Waals surface area contributed by atoms with Crippen LogP contribution in [0.1, 0.15) is 5.56 Å². The average molecular weight is 434 g/mol. The van der Waals surface area contributed by atoms with Crippen molar-refractivity contribution in [1.82, 2.24) is 24.6 Å². The molecule has 10 heteroatoms. The highest BCUT2D eigenvalue weighted by atomic mass is 35.5. The molecule has 1 aromatic carbocycles.